The maximum absolute atomic E-state index is 11.3. The van der Waals surface area contributed by atoms with Crippen LogP contribution in [0.3, 0.4) is 0 Å². The van der Waals surface area contributed by atoms with Crippen LogP contribution in [-0.4, -0.2) is 26.4 Å². The summed E-state index contributed by atoms with van der Waals surface area (Å²) in [5.74, 6) is -0.0464. The number of hydrogen-bond acceptors (Lipinski definition) is 8. The topological polar surface area (TPSA) is 136 Å². The molecule has 0 saturated heterocycles. The number of non-ortho nitro benzene ring substituents is 1. The fraction of sp³-hybridized carbons (Fsp3) is 0.0769. The van der Waals surface area contributed by atoms with Crippen LogP contribution in [0.2, 0.25) is 0 Å². The van der Waals surface area contributed by atoms with Crippen molar-refractivity contribution in [3.63, 3.8) is 0 Å². The molecule has 0 fully saturated rings. The van der Waals surface area contributed by atoms with Gasteiger partial charge in [0.25, 0.3) is 5.69 Å². The summed E-state index contributed by atoms with van der Waals surface area (Å²) in [6.45, 7) is 3.80. The third-order valence-corrected chi connectivity index (χ3v) is 2.74. The number of benzene rings is 1. The molecular weight excluding hydrogens is 304 g/mol. The molecule has 0 atom stereocenters. The van der Waals surface area contributed by atoms with E-state index in [4.69, 9.17) is 0 Å². The van der Waals surface area contributed by atoms with Gasteiger partial charge < -0.3 is 10.6 Å². The summed E-state index contributed by atoms with van der Waals surface area (Å²) in [7, 11) is 0. The minimum Gasteiger partial charge on any atom is -0.361 e. The zero-order chi connectivity index (χ0) is 16.8. The van der Waals surface area contributed by atoms with E-state index < -0.39 is 9.85 Å². The van der Waals surface area contributed by atoms with E-state index in [9.17, 15) is 20.2 Å². The van der Waals surface area contributed by atoms with Crippen LogP contribution in [-0.2, 0) is 0 Å². The Labute approximate surface area is 130 Å². The van der Waals surface area contributed by atoms with Crippen molar-refractivity contribution < 1.29 is 9.85 Å². The molecule has 10 heteroatoms. The Bertz CT molecular complexity index is 764. The van der Waals surface area contributed by atoms with E-state index in [1.54, 1.807) is 0 Å². The van der Waals surface area contributed by atoms with Crippen molar-refractivity contribution in [3.05, 3.63) is 63.5 Å². The second-order valence-corrected chi connectivity index (χ2v) is 4.28. The molecule has 118 valence electrons. The van der Waals surface area contributed by atoms with Gasteiger partial charge in [-0.1, -0.05) is 12.1 Å². The van der Waals surface area contributed by atoms with Crippen molar-refractivity contribution in [1.29, 1.82) is 0 Å². The van der Waals surface area contributed by atoms with E-state index in [0.29, 0.717) is 5.69 Å². The molecule has 2 N–H and O–H groups in total. The fourth-order valence-electron chi connectivity index (χ4n) is 1.78. The molecule has 23 heavy (non-hydrogen) atoms. The van der Waals surface area contributed by atoms with Crippen LogP contribution in [0.4, 0.5) is 28.7 Å². The number of aromatic nitrogens is 2. The van der Waals surface area contributed by atoms with Crippen LogP contribution in [0.5, 0.6) is 0 Å². The van der Waals surface area contributed by atoms with E-state index >= 15 is 0 Å². The number of rotatable bonds is 7. The van der Waals surface area contributed by atoms with E-state index in [0.717, 1.165) is 6.33 Å². The molecule has 2 rings (SSSR count). The Balaban J connectivity index is 2.39. The summed E-state index contributed by atoms with van der Waals surface area (Å²) in [6, 6.07) is 5.57. The van der Waals surface area contributed by atoms with E-state index in [1.807, 2.05) is 0 Å². The molecule has 0 saturated carbocycles. The minimum absolute atomic E-state index is 0.0258. The van der Waals surface area contributed by atoms with Crippen molar-refractivity contribution in [2.45, 2.75) is 0 Å². The molecule has 2 aromatic rings. The van der Waals surface area contributed by atoms with Crippen LogP contribution in [0.25, 0.3) is 0 Å². The zero-order valence-corrected chi connectivity index (χ0v) is 11.8. The Kier molecular flexibility index (Phi) is 4.77. The molecule has 1 aromatic heterocycles. The largest absolute Gasteiger partial charge is 0.361 e. The molecule has 1 aromatic carbocycles. The van der Waals surface area contributed by atoms with Gasteiger partial charge in [-0.2, -0.15) is 0 Å². The van der Waals surface area contributed by atoms with Crippen LogP contribution in [0.15, 0.2) is 43.2 Å². The van der Waals surface area contributed by atoms with Crippen molar-refractivity contribution >= 4 is 28.7 Å². The average Bonchev–Trinajstić information content (AvgIpc) is 2.53. The predicted molar refractivity (Wildman–Crippen MR) is 83.8 cm³/mol. The van der Waals surface area contributed by atoms with Crippen molar-refractivity contribution in [2.24, 2.45) is 0 Å². The highest BCUT2D eigenvalue weighted by Gasteiger charge is 2.23. The molecular formula is C13H12N6O4. The van der Waals surface area contributed by atoms with E-state index in [-0.39, 0.29) is 29.6 Å². The maximum Gasteiger partial charge on any atom is 0.353 e. The summed E-state index contributed by atoms with van der Waals surface area (Å²) in [5, 5.41) is 27.5. The first kappa shape index (κ1) is 15.8. The molecule has 0 radical (unpaired) electrons. The standard InChI is InChI=1S/C13H12N6O4/c1-2-6-14-12-11(19(22)23)13(16-8-15-12)17-9-4-3-5-10(7-9)18(20)21/h2-5,7-8H,1,6H2,(H2,14,15,16,17). The molecule has 0 aliphatic carbocycles. The summed E-state index contributed by atoms with van der Waals surface area (Å²) in [6.07, 6.45) is 2.68. The quantitative estimate of drug-likeness (QED) is 0.452. The molecule has 0 aliphatic rings. The van der Waals surface area contributed by atoms with E-state index in [2.05, 4.69) is 27.2 Å². The summed E-state index contributed by atoms with van der Waals surface area (Å²) >= 11 is 0. The third-order valence-electron chi connectivity index (χ3n) is 2.74. The van der Waals surface area contributed by atoms with Gasteiger partial charge in [0.2, 0.25) is 11.6 Å². The van der Waals surface area contributed by atoms with Gasteiger partial charge in [-0.15, -0.1) is 6.58 Å². The number of nitro groups is 2. The highest BCUT2D eigenvalue weighted by molar-refractivity contribution is 5.74. The average molecular weight is 316 g/mol. The Morgan fingerprint density at radius 3 is 2.57 bits per heavy atom. The van der Waals surface area contributed by atoms with Gasteiger partial charge in [0.15, 0.2) is 0 Å². The number of nitrogens with zero attached hydrogens (tertiary/aromatic N) is 4. The second-order valence-electron chi connectivity index (χ2n) is 4.28. The first-order chi connectivity index (χ1) is 11.0. The highest BCUT2D eigenvalue weighted by atomic mass is 16.6. The molecule has 0 aliphatic heterocycles. The lowest BCUT2D eigenvalue weighted by Crippen LogP contribution is -2.08. The molecule has 0 spiro atoms. The molecule has 1 heterocycles. The molecule has 0 bridgehead atoms. The minimum atomic E-state index is -0.634. The Hall–Kier alpha value is -3.56. The molecule has 0 amide bonds. The van der Waals surface area contributed by atoms with Gasteiger partial charge in [0.1, 0.15) is 6.33 Å². The first-order valence-corrected chi connectivity index (χ1v) is 6.38. The SMILES string of the molecule is C=CCNc1ncnc(Nc2cccc([N+](=O)[O-])c2)c1[N+](=O)[O-]. The number of nitro benzene ring substituents is 1. The lowest BCUT2D eigenvalue weighted by molar-refractivity contribution is -0.384. The van der Waals surface area contributed by atoms with Gasteiger partial charge >= 0.3 is 5.69 Å². The molecule has 0 unspecified atom stereocenters. The van der Waals surface area contributed by atoms with Gasteiger partial charge in [0.05, 0.1) is 9.85 Å². The summed E-state index contributed by atoms with van der Waals surface area (Å²) < 4.78 is 0. The first-order valence-electron chi connectivity index (χ1n) is 6.38. The van der Waals surface area contributed by atoms with E-state index in [1.165, 1.54) is 30.3 Å². The van der Waals surface area contributed by atoms with Crippen molar-refractivity contribution in [1.82, 2.24) is 9.97 Å². The number of hydrogen-bond donors (Lipinski definition) is 2. The van der Waals surface area contributed by atoms with Gasteiger partial charge in [-0.05, 0) is 6.07 Å². The van der Waals surface area contributed by atoms with Crippen LogP contribution >= 0.6 is 0 Å². The highest BCUT2D eigenvalue weighted by Crippen LogP contribution is 2.31. The Morgan fingerprint density at radius 2 is 1.91 bits per heavy atom. The monoisotopic (exact) mass is 316 g/mol. The normalized spacial score (nSPS) is 9.91. The van der Waals surface area contributed by atoms with Crippen LogP contribution in [0, 0.1) is 20.2 Å². The van der Waals surface area contributed by atoms with Gasteiger partial charge in [-0.3, -0.25) is 20.2 Å². The molecule has 10 nitrogen and oxygen atoms in total. The number of nitrogens with one attached hydrogen (secondary N) is 2. The number of anilines is 3. The lowest BCUT2D eigenvalue weighted by Gasteiger charge is -2.09. The van der Waals surface area contributed by atoms with Crippen LogP contribution < -0.4 is 10.6 Å². The lowest BCUT2D eigenvalue weighted by atomic mass is 10.2. The second kappa shape index (κ2) is 6.93. The summed E-state index contributed by atoms with van der Waals surface area (Å²) in [4.78, 5) is 28.5. The Morgan fingerprint density at radius 1 is 1.17 bits per heavy atom. The maximum atomic E-state index is 11.3. The van der Waals surface area contributed by atoms with Crippen LogP contribution in [0.1, 0.15) is 0 Å². The van der Waals surface area contributed by atoms with Gasteiger partial charge in [0, 0.05) is 24.4 Å². The van der Waals surface area contributed by atoms with Gasteiger partial charge in [-0.25, -0.2) is 9.97 Å². The third kappa shape index (κ3) is 3.75. The summed E-state index contributed by atoms with van der Waals surface area (Å²) in [5.41, 5.74) is -0.201. The predicted octanol–water partition coefficient (Wildman–Crippen LogP) is 2.63. The van der Waals surface area contributed by atoms with Crippen molar-refractivity contribution in [3.8, 4) is 0 Å². The van der Waals surface area contributed by atoms with Crippen molar-refractivity contribution in [2.75, 3.05) is 17.2 Å². The fourth-order valence-corrected chi connectivity index (χ4v) is 1.78. The zero-order valence-electron chi connectivity index (χ0n) is 11.8. The smallest absolute Gasteiger partial charge is 0.353 e.